The highest BCUT2D eigenvalue weighted by Gasteiger charge is 2.32. The average molecular weight is 236 g/mol. The van der Waals surface area contributed by atoms with Gasteiger partial charge in [-0.15, -0.1) is 0 Å². The normalized spacial score (nSPS) is 28.4. The molecule has 3 aliphatic rings. The first kappa shape index (κ1) is 11.5. The Hall–Kier alpha value is -0.570. The van der Waals surface area contributed by atoms with Crippen molar-refractivity contribution in [2.24, 2.45) is 5.92 Å². The highest BCUT2D eigenvalue weighted by atomic mass is 16.2. The minimum absolute atomic E-state index is 0.380. The summed E-state index contributed by atoms with van der Waals surface area (Å²) in [5.41, 5.74) is 0. The quantitative estimate of drug-likeness (QED) is 0.731. The monoisotopic (exact) mass is 236 g/mol. The highest BCUT2D eigenvalue weighted by molar-refractivity contribution is 5.79. The summed E-state index contributed by atoms with van der Waals surface area (Å²) >= 11 is 0. The van der Waals surface area contributed by atoms with E-state index >= 15 is 0 Å². The maximum atomic E-state index is 12.2. The Bertz CT molecular complexity index is 284. The molecular formula is C14H24N2O. The standard InChI is InChI=1S/C14H24N2O/c17-14(12-4-1-5-12)16-9-3-8-15(10-11-16)13-6-2-7-13/h12-13H,1-11H2. The molecule has 1 amide bonds. The predicted octanol–water partition coefficient (Wildman–Crippen LogP) is 1.87. The number of rotatable bonds is 2. The summed E-state index contributed by atoms with van der Waals surface area (Å²) in [4.78, 5) is 17.0. The summed E-state index contributed by atoms with van der Waals surface area (Å²) in [6, 6.07) is 0.841. The fourth-order valence-corrected chi connectivity index (χ4v) is 3.19. The van der Waals surface area contributed by atoms with Crippen LogP contribution in [0.1, 0.15) is 44.9 Å². The van der Waals surface area contributed by atoms with Gasteiger partial charge in [0.15, 0.2) is 0 Å². The van der Waals surface area contributed by atoms with Crippen molar-refractivity contribution in [3.05, 3.63) is 0 Å². The van der Waals surface area contributed by atoms with Gasteiger partial charge in [-0.3, -0.25) is 9.69 Å². The van der Waals surface area contributed by atoms with Crippen LogP contribution in [0.5, 0.6) is 0 Å². The SMILES string of the molecule is O=C(C1CCC1)N1CCCN(C2CCC2)CC1. The molecule has 0 atom stereocenters. The smallest absolute Gasteiger partial charge is 0.225 e. The Morgan fingerprint density at radius 1 is 0.824 bits per heavy atom. The van der Waals surface area contributed by atoms with Gasteiger partial charge in [0.25, 0.3) is 0 Å². The van der Waals surface area contributed by atoms with Crippen molar-refractivity contribution < 1.29 is 4.79 Å². The van der Waals surface area contributed by atoms with Crippen molar-refractivity contribution in [1.29, 1.82) is 0 Å². The lowest BCUT2D eigenvalue weighted by Crippen LogP contribution is -2.44. The minimum Gasteiger partial charge on any atom is -0.341 e. The van der Waals surface area contributed by atoms with Gasteiger partial charge in [0.05, 0.1) is 0 Å². The lowest BCUT2D eigenvalue weighted by molar-refractivity contribution is -0.138. The Balaban J connectivity index is 1.52. The highest BCUT2D eigenvalue weighted by Crippen LogP contribution is 2.29. The maximum absolute atomic E-state index is 12.2. The number of hydrogen-bond acceptors (Lipinski definition) is 2. The van der Waals surface area contributed by atoms with Crippen LogP contribution in [0, 0.1) is 5.92 Å². The van der Waals surface area contributed by atoms with E-state index in [9.17, 15) is 4.79 Å². The second-order valence-corrected chi connectivity index (χ2v) is 5.93. The predicted molar refractivity (Wildman–Crippen MR) is 67.8 cm³/mol. The lowest BCUT2D eigenvalue weighted by Gasteiger charge is -2.37. The van der Waals surface area contributed by atoms with E-state index in [4.69, 9.17) is 0 Å². The topological polar surface area (TPSA) is 23.6 Å². The molecule has 17 heavy (non-hydrogen) atoms. The summed E-state index contributed by atoms with van der Waals surface area (Å²) in [6.45, 7) is 4.30. The number of amides is 1. The Morgan fingerprint density at radius 2 is 1.59 bits per heavy atom. The van der Waals surface area contributed by atoms with Crippen LogP contribution in [-0.4, -0.2) is 47.9 Å². The largest absolute Gasteiger partial charge is 0.341 e. The maximum Gasteiger partial charge on any atom is 0.225 e. The molecule has 0 radical (unpaired) electrons. The van der Waals surface area contributed by atoms with Crippen molar-refractivity contribution in [3.63, 3.8) is 0 Å². The Morgan fingerprint density at radius 3 is 2.18 bits per heavy atom. The summed E-state index contributed by atoms with van der Waals surface area (Å²) < 4.78 is 0. The molecule has 96 valence electrons. The van der Waals surface area contributed by atoms with E-state index in [2.05, 4.69) is 9.80 Å². The summed E-state index contributed by atoms with van der Waals surface area (Å²) in [5.74, 6) is 0.831. The van der Waals surface area contributed by atoms with E-state index in [1.54, 1.807) is 0 Å². The van der Waals surface area contributed by atoms with E-state index in [0.29, 0.717) is 11.8 Å². The molecule has 0 spiro atoms. The van der Waals surface area contributed by atoms with Crippen molar-refractivity contribution in [3.8, 4) is 0 Å². The van der Waals surface area contributed by atoms with Crippen LogP contribution in [0.2, 0.25) is 0 Å². The zero-order valence-electron chi connectivity index (χ0n) is 10.7. The van der Waals surface area contributed by atoms with Gasteiger partial charge in [0.2, 0.25) is 5.91 Å². The molecule has 0 aromatic heterocycles. The fraction of sp³-hybridized carbons (Fsp3) is 0.929. The van der Waals surface area contributed by atoms with E-state index in [1.165, 1.54) is 38.6 Å². The van der Waals surface area contributed by atoms with E-state index in [1.807, 2.05) is 0 Å². The van der Waals surface area contributed by atoms with E-state index in [-0.39, 0.29) is 0 Å². The third-order valence-electron chi connectivity index (χ3n) is 4.89. The van der Waals surface area contributed by atoms with Gasteiger partial charge in [-0.05, 0) is 32.1 Å². The molecule has 0 bridgehead atoms. The third-order valence-corrected chi connectivity index (χ3v) is 4.89. The van der Waals surface area contributed by atoms with Gasteiger partial charge in [-0.25, -0.2) is 0 Å². The van der Waals surface area contributed by atoms with Crippen molar-refractivity contribution >= 4 is 5.91 Å². The van der Waals surface area contributed by atoms with Gasteiger partial charge < -0.3 is 4.90 Å². The van der Waals surface area contributed by atoms with Gasteiger partial charge in [-0.2, -0.15) is 0 Å². The second-order valence-electron chi connectivity index (χ2n) is 5.93. The minimum atomic E-state index is 0.380. The average Bonchev–Trinajstić information content (AvgIpc) is 2.38. The molecule has 1 saturated heterocycles. The van der Waals surface area contributed by atoms with Crippen molar-refractivity contribution in [2.75, 3.05) is 26.2 Å². The van der Waals surface area contributed by atoms with Gasteiger partial charge in [0, 0.05) is 38.1 Å². The van der Waals surface area contributed by atoms with Crippen molar-refractivity contribution in [1.82, 2.24) is 9.80 Å². The number of nitrogens with zero attached hydrogens (tertiary/aromatic N) is 2. The van der Waals surface area contributed by atoms with E-state index in [0.717, 1.165) is 38.5 Å². The van der Waals surface area contributed by atoms with Crippen LogP contribution in [-0.2, 0) is 4.79 Å². The molecule has 2 aliphatic carbocycles. The molecule has 3 heteroatoms. The first-order valence-corrected chi connectivity index (χ1v) is 7.37. The molecule has 2 saturated carbocycles. The van der Waals surface area contributed by atoms with Crippen LogP contribution in [0.15, 0.2) is 0 Å². The van der Waals surface area contributed by atoms with Gasteiger partial charge >= 0.3 is 0 Å². The number of carbonyl (C=O) groups excluding carboxylic acids is 1. The zero-order chi connectivity index (χ0) is 11.7. The first-order valence-electron chi connectivity index (χ1n) is 7.37. The summed E-state index contributed by atoms with van der Waals surface area (Å²) in [6.07, 6.45) is 8.90. The zero-order valence-corrected chi connectivity index (χ0v) is 10.7. The van der Waals surface area contributed by atoms with Crippen LogP contribution in [0.4, 0.5) is 0 Å². The lowest BCUT2D eigenvalue weighted by atomic mass is 9.84. The second kappa shape index (κ2) is 4.97. The molecule has 3 rings (SSSR count). The Kier molecular flexibility index (Phi) is 3.37. The molecule has 0 aromatic carbocycles. The van der Waals surface area contributed by atoms with Gasteiger partial charge in [-0.1, -0.05) is 12.8 Å². The molecule has 0 N–H and O–H groups in total. The third kappa shape index (κ3) is 2.35. The van der Waals surface area contributed by atoms with Crippen molar-refractivity contribution in [2.45, 2.75) is 51.0 Å². The first-order chi connectivity index (χ1) is 8.34. The van der Waals surface area contributed by atoms with Crippen LogP contribution in [0.3, 0.4) is 0 Å². The van der Waals surface area contributed by atoms with Crippen LogP contribution < -0.4 is 0 Å². The molecule has 1 aliphatic heterocycles. The van der Waals surface area contributed by atoms with Gasteiger partial charge in [0.1, 0.15) is 0 Å². The molecule has 3 nitrogen and oxygen atoms in total. The van der Waals surface area contributed by atoms with E-state index < -0.39 is 0 Å². The molecule has 1 heterocycles. The number of hydrogen-bond donors (Lipinski definition) is 0. The molecule has 0 unspecified atom stereocenters. The van der Waals surface area contributed by atoms with Crippen LogP contribution in [0.25, 0.3) is 0 Å². The molecular weight excluding hydrogens is 212 g/mol. The summed E-state index contributed by atoms with van der Waals surface area (Å²) in [5, 5.41) is 0. The molecule has 3 fully saturated rings. The fourth-order valence-electron chi connectivity index (χ4n) is 3.19. The Labute approximate surface area is 104 Å². The summed E-state index contributed by atoms with van der Waals surface area (Å²) in [7, 11) is 0. The van der Waals surface area contributed by atoms with Crippen LogP contribution >= 0.6 is 0 Å². The number of carbonyl (C=O) groups is 1. The molecule has 0 aromatic rings.